The number of hydrogen-bond acceptors (Lipinski definition) is 5. The predicted octanol–water partition coefficient (Wildman–Crippen LogP) is 2.07. The minimum Gasteiger partial charge on any atom is -0.469 e. The summed E-state index contributed by atoms with van der Waals surface area (Å²) in [6.07, 6.45) is 5.75. The molecule has 1 saturated heterocycles. The molecule has 1 fully saturated rings. The van der Waals surface area contributed by atoms with Crippen LogP contribution in [0, 0.1) is 0 Å². The molecule has 1 aliphatic rings. The summed E-state index contributed by atoms with van der Waals surface area (Å²) in [5, 5.41) is 7.43. The highest BCUT2D eigenvalue weighted by atomic mass is 16.5. The maximum Gasteiger partial charge on any atom is 0.234 e. The molecule has 0 aromatic carbocycles. The van der Waals surface area contributed by atoms with E-state index in [1.807, 2.05) is 12.1 Å². The minimum atomic E-state index is 0.248. The summed E-state index contributed by atoms with van der Waals surface area (Å²) < 4.78 is 10.5. The van der Waals surface area contributed by atoms with Crippen LogP contribution in [-0.2, 0) is 6.42 Å². The van der Waals surface area contributed by atoms with Gasteiger partial charge in [0.25, 0.3) is 0 Å². The van der Waals surface area contributed by atoms with Gasteiger partial charge in [-0.2, -0.15) is 4.98 Å². The Morgan fingerprint density at radius 1 is 1.41 bits per heavy atom. The fourth-order valence-electron chi connectivity index (χ4n) is 2.12. The Hall–Kier alpha value is -1.62. The van der Waals surface area contributed by atoms with E-state index in [1.54, 1.807) is 6.26 Å². The average molecular weight is 233 g/mol. The number of piperidine rings is 1. The van der Waals surface area contributed by atoms with Gasteiger partial charge in [-0.1, -0.05) is 11.6 Å². The van der Waals surface area contributed by atoms with E-state index in [2.05, 4.69) is 15.5 Å². The van der Waals surface area contributed by atoms with Gasteiger partial charge in [0.2, 0.25) is 5.89 Å². The molecule has 0 bridgehead atoms. The first-order chi connectivity index (χ1) is 8.42. The van der Waals surface area contributed by atoms with E-state index in [-0.39, 0.29) is 6.04 Å². The number of aromatic nitrogens is 2. The maximum absolute atomic E-state index is 5.25. The lowest BCUT2D eigenvalue weighted by atomic mass is 10.0. The summed E-state index contributed by atoms with van der Waals surface area (Å²) in [5.74, 6) is 2.23. The smallest absolute Gasteiger partial charge is 0.234 e. The van der Waals surface area contributed by atoms with Crippen LogP contribution in [0.5, 0.6) is 0 Å². The second kappa shape index (κ2) is 4.71. The molecule has 1 aliphatic heterocycles. The second-order valence-electron chi connectivity index (χ2n) is 4.30. The highest BCUT2D eigenvalue weighted by Gasteiger charge is 2.20. The normalized spacial score (nSPS) is 20.6. The highest BCUT2D eigenvalue weighted by Crippen LogP contribution is 2.20. The molecule has 3 rings (SSSR count). The molecule has 0 amide bonds. The fourth-order valence-corrected chi connectivity index (χ4v) is 2.12. The van der Waals surface area contributed by atoms with Crippen molar-refractivity contribution < 1.29 is 8.94 Å². The van der Waals surface area contributed by atoms with Crippen molar-refractivity contribution in [3.05, 3.63) is 35.9 Å². The van der Waals surface area contributed by atoms with Gasteiger partial charge in [-0.05, 0) is 31.5 Å². The largest absolute Gasteiger partial charge is 0.469 e. The van der Waals surface area contributed by atoms with Crippen molar-refractivity contribution in [3.8, 4) is 0 Å². The van der Waals surface area contributed by atoms with Crippen LogP contribution in [0.25, 0.3) is 0 Å². The van der Waals surface area contributed by atoms with Crippen molar-refractivity contribution in [3.63, 3.8) is 0 Å². The number of hydrogen-bond donors (Lipinski definition) is 1. The van der Waals surface area contributed by atoms with Crippen molar-refractivity contribution in [1.82, 2.24) is 15.5 Å². The van der Waals surface area contributed by atoms with Crippen LogP contribution in [0.3, 0.4) is 0 Å². The van der Waals surface area contributed by atoms with Crippen molar-refractivity contribution >= 4 is 0 Å². The van der Waals surface area contributed by atoms with Gasteiger partial charge in [-0.3, -0.25) is 0 Å². The first-order valence-electron chi connectivity index (χ1n) is 6.00. The fraction of sp³-hybridized carbons (Fsp3) is 0.500. The maximum atomic E-state index is 5.25. The van der Waals surface area contributed by atoms with E-state index < -0.39 is 0 Å². The summed E-state index contributed by atoms with van der Waals surface area (Å²) >= 11 is 0. The minimum absolute atomic E-state index is 0.248. The molecule has 0 saturated carbocycles. The van der Waals surface area contributed by atoms with Crippen LogP contribution in [0.1, 0.15) is 42.8 Å². The summed E-state index contributed by atoms with van der Waals surface area (Å²) in [6.45, 7) is 1.03. The lowest BCUT2D eigenvalue weighted by Crippen LogP contribution is -2.27. The SMILES string of the molecule is c1coc(Cc2nc(C3CCCCN3)no2)c1. The summed E-state index contributed by atoms with van der Waals surface area (Å²) in [5.41, 5.74) is 0. The third-order valence-corrected chi connectivity index (χ3v) is 3.01. The van der Waals surface area contributed by atoms with E-state index in [0.717, 1.165) is 24.6 Å². The first-order valence-corrected chi connectivity index (χ1v) is 6.00. The Kier molecular flexibility index (Phi) is 2.92. The van der Waals surface area contributed by atoms with E-state index in [4.69, 9.17) is 8.94 Å². The third kappa shape index (κ3) is 2.39. The second-order valence-corrected chi connectivity index (χ2v) is 4.30. The van der Waals surface area contributed by atoms with Crippen molar-refractivity contribution in [2.75, 3.05) is 6.54 Å². The molecule has 3 heterocycles. The van der Waals surface area contributed by atoms with Crippen molar-refractivity contribution in [2.45, 2.75) is 31.7 Å². The Morgan fingerprint density at radius 3 is 3.18 bits per heavy atom. The zero-order valence-electron chi connectivity index (χ0n) is 9.56. The predicted molar refractivity (Wildman–Crippen MR) is 60.4 cm³/mol. The molecule has 5 nitrogen and oxygen atoms in total. The lowest BCUT2D eigenvalue weighted by Gasteiger charge is -2.19. The molecule has 2 aromatic rings. The zero-order chi connectivity index (χ0) is 11.5. The van der Waals surface area contributed by atoms with Gasteiger partial charge in [0.15, 0.2) is 5.82 Å². The monoisotopic (exact) mass is 233 g/mol. The molecule has 0 aliphatic carbocycles. The van der Waals surface area contributed by atoms with Crippen LogP contribution < -0.4 is 5.32 Å². The quantitative estimate of drug-likeness (QED) is 0.879. The number of nitrogens with zero attached hydrogens (tertiary/aromatic N) is 2. The first kappa shape index (κ1) is 10.5. The summed E-state index contributed by atoms with van der Waals surface area (Å²) in [7, 11) is 0. The van der Waals surface area contributed by atoms with Gasteiger partial charge in [0.1, 0.15) is 5.76 Å². The summed E-state index contributed by atoms with van der Waals surface area (Å²) in [4.78, 5) is 4.41. The molecule has 90 valence electrons. The molecule has 1 atom stereocenters. The van der Waals surface area contributed by atoms with Gasteiger partial charge in [-0.25, -0.2) is 0 Å². The Bertz CT molecular complexity index is 458. The number of furan rings is 1. The lowest BCUT2D eigenvalue weighted by molar-refractivity contribution is 0.347. The zero-order valence-corrected chi connectivity index (χ0v) is 9.56. The Balaban J connectivity index is 1.69. The van der Waals surface area contributed by atoms with Crippen LogP contribution in [0.4, 0.5) is 0 Å². The van der Waals surface area contributed by atoms with Crippen molar-refractivity contribution in [1.29, 1.82) is 0 Å². The van der Waals surface area contributed by atoms with Gasteiger partial charge in [-0.15, -0.1) is 0 Å². The standard InChI is InChI=1S/C12H15N3O2/c1-2-6-13-10(5-1)12-14-11(17-15-12)8-9-4-3-7-16-9/h3-4,7,10,13H,1-2,5-6,8H2. The van der Waals surface area contributed by atoms with Gasteiger partial charge >= 0.3 is 0 Å². The molecule has 0 radical (unpaired) electrons. The van der Waals surface area contributed by atoms with Gasteiger partial charge in [0, 0.05) is 0 Å². The topological polar surface area (TPSA) is 64.1 Å². The van der Waals surface area contributed by atoms with Crippen LogP contribution in [-0.4, -0.2) is 16.7 Å². The average Bonchev–Trinajstić information content (AvgIpc) is 3.02. The van der Waals surface area contributed by atoms with Crippen LogP contribution in [0.2, 0.25) is 0 Å². The van der Waals surface area contributed by atoms with E-state index in [9.17, 15) is 0 Å². The Morgan fingerprint density at radius 2 is 2.41 bits per heavy atom. The third-order valence-electron chi connectivity index (χ3n) is 3.01. The molecule has 0 spiro atoms. The van der Waals surface area contributed by atoms with E-state index >= 15 is 0 Å². The van der Waals surface area contributed by atoms with Crippen LogP contribution in [0.15, 0.2) is 27.3 Å². The van der Waals surface area contributed by atoms with E-state index in [1.165, 1.54) is 12.8 Å². The molecule has 17 heavy (non-hydrogen) atoms. The van der Waals surface area contributed by atoms with Gasteiger partial charge in [0.05, 0.1) is 18.7 Å². The van der Waals surface area contributed by atoms with Gasteiger partial charge < -0.3 is 14.3 Å². The Labute approximate surface area is 99.2 Å². The molecular formula is C12H15N3O2. The number of nitrogens with one attached hydrogen (secondary N) is 1. The number of rotatable bonds is 3. The summed E-state index contributed by atoms with van der Waals surface area (Å²) in [6, 6.07) is 4.01. The molecule has 5 heteroatoms. The molecule has 1 unspecified atom stereocenters. The van der Waals surface area contributed by atoms with E-state index in [0.29, 0.717) is 12.3 Å². The molecule has 1 N–H and O–H groups in total. The molecule has 2 aromatic heterocycles. The molecular weight excluding hydrogens is 218 g/mol. The highest BCUT2D eigenvalue weighted by molar-refractivity contribution is 5.05. The van der Waals surface area contributed by atoms with Crippen molar-refractivity contribution in [2.24, 2.45) is 0 Å². The van der Waals surface area contributed by atoms with Crippen LogP contribution >= 0.6 is 0 Å².